The Morgan fingerprint density at radius 2 is 1.80 bits per heavy atom. The fourth-order valence-corrected chi connectivity index (χ4v) is 4.53. The van der Waals surface area contributed by atoms with Crippen molar-refractivity contribution in [3.63, 3.8) is 0 Å². The lowest BCUT2D eigenvalue weighted by molar-refractivity contribution is -0.133. The standard InChI is InChI=1S/C23H25N3O4/c1-15(16-6-7-20-21(14-16)30-13-12-29-20)22(27)25-10-8-17(9-11-25)26-19-5-3-2-4-18(19)24-23(26)28/h2-7,14-15,17H,8-13H2,1H3,(H,24,28). The number of hydrogen-bond donors (Lipinski definition) is 1. The van der Waals surface area contributed by atoms with Crippen molar-refractivity contribution in [1.82, 2.24) is 14.5 Å². The third-order valence-electron chi connectivity index (χ3n) is 6.20. The van der Waals surface area contributed by atoms with Crippen LogP contribution < -0.4 is 15.2 Å². The lowest BCUT2D eigenvalue weighted by Gasteiger charge is -2.34. The van der Waals surface area contributed by atoms with E-state index in [2.05, 4.69) is 4.98 Å². The number of aromatic amines is 1. The van der Waals surface area contributed by atoms with Crippen LogP contribution in [0.5, 0.6) is 11.5 Å². The Morgan fingerprint density at radius 3 is 2.60 bits per heavy atom. The Balaban J connectivity index is 1.29. The summed E-state index contributed by atoms with van der Waals surface area (Å²) in [5, 5.41) is 0. The fraction of sp³-hybridized carbons (Fsp3) is 0.391. The van der Waals surface area contributed by atoms with Gasteiger partial charge in [0.05, 0.1) is 17.0 Å². The molecule has 2 aliphatic rings. The molecule has 0 radical (unpaired) electrons. The van der Waals surface area contributed by atoms with Gasteiger partial charge in [-0.15, -0.1) is 0 Å². The summed E-state index contributed by atoms with van der Waals surface area (Å²) in [5.41, 5.74) is 2.63. The molecule has 1 atom stereocenters. The lowest BCUT2D eigenvalue weighted by Crippen LogP contribution is -2.42. The number of piperidine rings is 1. The van der Waals surface area contributed by atoms with E-state index < -0.39 is 0 Å². The number of benzene rings is 2. The summed E-state index contributed by atoms with van der Waals surface area (Å²) >= 11 is 0. The number of imidazole rings is 1. The smallest absolute Gasteiger partial charge is 0.326 e. The van der Waals surface area contributed by atoms with E-state index >= 15 is 0 Å². The first-order valence-corrected chi connectivity index (χ1v) is 10.5. The van der Waals surface area contributed by atoms with Crippen LogP contribution in [-0.4, -0.2) is 46.7 Å². The molecule has 0 bridgehead atoms. The van der Waals surface area contributed by atoms with E-state index in [9.17, 15) is 9.59 Å². The minimum absolute atomic E-state index is 0.0781. The first-order chi connectivity index (χ1) is 14.6. The van der Waals surface area contributed by atoms with Gasteiger partial charge in [-0.2, -0.15) is 0 Å². The van der Waals surface area contributed by atoms with Crippen molar-refractivity contribution in [3.8, 4) is 11.5 Å². The number of carbonyl (C=O) groups is 1. The van der Waals surface area contributed by atoms with Crippen LogP contribution in [0.2, 0.25) is 0 Å². The van der Waals surface area contributed by atoms with Gasteiger partial charge in [-0.1, -0.05) is 18.2 Å². The molecule has 30 heavy (non-hydrogen) atoms. The molecule has 1 saturated heterocycles. The normalized spacial score (nSPS) is 17.8. The van der Waals surface area contributed by atoms with Crippen LogP contribution in [0.1, 0.15) is 37.3 Å². The van der Waals surface area contributed by atoms with Crippen LogP contribution in [0, 0.1) is 0 Å². The Bertz CT molecular complexity index is 1140. The van der Waals surface area contributed by atoms with Gasteiger partial charge in [0.15, 0.2) is 11.5 Å². The van der Waals surface area contributed by atoms with Gasteiger partial charge < -0.3 is 19.4 Å². The van der Waals surface area contributed by atoms with Gasteiger partial charge in [0.1, 0.15) is 13.2 Å². The zero-order valence-electron chi connectivity index (χ0n) is 17.0. The Kier molecular flexibility index (Phi) is 4.73. The van der Waals surface area contributed by atoms with E-state index in [-0.39, 0.29) is 23.6 Å². The molecule has 0 aliphatic carbocycles. The van der Waals surface area contributed by atoms with Crippen LogP contribution in [0.4, 0.5) is 0 Å². The van der Waals surface area contributed by atoms with Gasteiger partial charge in [0.2, 0.25) is 5.91 Å². The molecule has 2 aliphatic heterocycles. The highest BCUT2D eigenvalue weighted by molar-refractivity contribution is 5.83. The Hall–Kier alpha value is -3.22. The van der Waals surface area contributed by atoms with Gasteiger partial charge in [-0.25, -0.2) is 4.79 Å². The van der Waals surface area contributed by atoms with Crippen molar-refractivity contribution in [1.29, 1.82) is 0 Å². The van der Waals surface area contributed by atoms with E-state index in [0.29, 0.717) is 32.1 Å². The second kappa shape index (κ2) is 7.55. The highest BCUT2D eigenvalue weighted by atomic mass is 16.6. The molecule has 156 valence electrons. The lowest BCUT2D eigenvalue weighted by atomic mass is 9.96. The summed E-state index contributed by atoms with van der Waals surface area (Å²) < 4.78 is 13.1. The number of nitrogens with zero attached hydrogens (tertiary/aromatic N) is 2. The third kappa shape index (κ3) is 3.24. The van der Waals surface area contributed by atoms with Crippen molar-refractivity contribution < 1.29 is 14.3 Å². The maximum atomic E-state index is 13.1. The molecule has 1 amide bonds. The average Bonchev–Trinajstić information content (AvgIpc) is 3.13. The molecule has 3 aromatic rings. The molecule has 1 unspecified atom stereocenters. The van der Waals surface area contributed by atoms with Gasteiger partial charge in [-0.3, -0.25) is 9.36 Å². The Labute approximate surface area is 174 Å². The van der Waals surface area contributed by atoms with Crippen LogP contribution in [0.25, 0.3) is 11.0 Å². The largest absolute Gasteiger partial charge is 0.486 e. The average molecular weight is 407 g/mol. The van der Waals surface area contributed by atoms with Gasteiger partial charge >= 0.3 is 5.69 Å². The van der Waals surface area contributed by atoms with E-state index in [0.717, 1.165) is 35.2 Å². The maximum Gasteiger partial charge on any atom is 0.326 e. The number of fused-ring (bicyclic) bond motifs is 2. The summed E-state index contributed by atoms with van der Waals surface area (Å²) in [6.07, 6.45) is 1.53. The molecule has 1 N–H and O–H groups in total. The number of para-hydroxylation sites is 2. The van der Waals surface area contributed by atoms with Crippen molar-refractivity contribution in [2.45, 2.75) is 31.7 Å². The molecule has 1 fully saturated rings. The van der Waals surface area contributed by atoms with Crippen molar-refractivity contribution in [2.75, 3.05) is 26.3 Å². The number of carbonyl (C=O) groups excluding carboxylic acids is 1. The quantitative estimate of drug-likeness (QED) is 0.724. The second-order valence-corrected chi connectivity index (χ2v) is 8.00. The minimum atomic E-state index is -0.256. The highest BCUT2D eigenvalue weighted by Gasteiger charge is 2.29. The number of aromatic nitrogens is 2. The molecule has 0 saturated carbocycles. The first kappa shape index (κ1) is 18.8. The van der Waals surface area contributed by atoms with E-state index in [1.54, 1.807) is 0 Å². The molecular formula is C23H25N3O4. The van der Waals surface area contributed by atoms with Gasteiger partial charge in [0.25, 0.3) is 0 Å². The zero-order chi connectivity index (χ0) is 20.7. The number of nitrogens with one attached hydrogen (secondary N) is 1. The molecule has 7 heteroatoms. The molecule has 2 aromatic carbocycles. The third-order valence-corrected chi connectivity index (χ3v) is 6.20. The van der Waals surface area contributed by atoms with Crippen molar-refractivity contribution in [2.24, 2.45) is 0 Å². The van der Waals surface area contributed by atoms with E-state index in [1.807, 2.05) is 58.9 Å². The van der Waals surface area contributed by atoms with Gasteiger partial charge in [-0.05, 0) is 49.6 Å². The number of likely N-dealkylation sites (tertiary alicyclic amines) is 1. The number of ether oxygens (including phenoxy) is 2. The van der Waals surface area contributed by atoms with Gasteiger partial charge in [0, 0.05) is 19.1 Å². The number of H-pyrrole nitrogens is 1. The Morgan fingerprint density at radius 1 is 1.07 bits per heavy atom. The monoisotopic (exact) mass is 407 g/mol. The summed E-state index contributed by atoms with van der Waals surface area (Å²) in [5.74, 6) is 1.29. The SMILES string of the molecule is CC(C(=O)N1CCC(n2c(=O)[nH]c3ccccc32)CC1)c1ccc2c(c1)OCCO2. The maximum absolute atomic E-state index is 13.1. The number of amides is 1. The molecule has 7 nitrogen and oxygen atoms in total. The summed E-state index contributed by atoms with van der Waals surface area (Å²) in [6.45, 7) is 4.30. The summed E-state index contributed by atoms with van der Waals surface area (Å²) in [6, 6.07) is 13.6. The van der Waals surface area contributed by atoms with E-state index in [4.69, 9.17) is 9.47 Å². The predicted octanol–water partition coefficient (Wildman–Crippen LogP) is 3.07. The van der Waals surface area contributed by atoms with Crippen LogP contribution in [-0.2, 0) is 4.79 Å². The van der Waals surface area contributed by atoms with Crippen LogP contribution in [0.15, 0.2) is 47.3 Å². The van der Waals surface area contributed by atoms with Crippen LogP contribution in [0.3, 0.4) is 0 Å². The first-order valence-electron chi connectivity index (χ1n) is 10.5. The summed E-state index contributed by atoms with van der Waals surface area (Å²) in [4.78, 5) is 30.4. The molecule has 5 rings (SSSR count). The molecular weight excluding hydrogens is 382 g/mol. The highest BCUT2D eigenvalue weighted by Crippen LogP contribution is 2.34. The molecule has 0 spiro atoms. The van der Waals surface area contributed by atoms with E-state index in [1.165, 1.54) is 0 Å². The molecule has 3 heterocycles. The summed E-state index contributed by atoms with van der Waals surface area (Å²) in [7, 11) is 0. The number of rotatable bonds is 3. The van der Waals surface area contributed by atoms with Crippen molar-refractivity contribution in [3.05, 3.63) is 58.5 Å². The minimum Gasteiger partial charge on any atom is -0.486 e. The topological polar surface area (TPSA) is 76.6 Å². The number of hydrogen-bond acceptors (Lipinski definition) is 4. The second-order valence-electron chi connectivity index (χ2n) is 8.00. The predicted molar refractivity (Wildman–Crippen MR) is 113 cm³/mol. The van der Waals surface area contributed by atoms with Crippen molar-refractivity contribution >= 4 is 16.9 Å². The molecule has 1 aromatic heterocycles. The zero-order valence-corrected chi connectivity index (χ0v) is 17.0. The fourth-order valence-electron chi connectivity index (χ4n) is 4.53. The van der Waals surface area contributed by atoms with Crippen LogP contribution >= 0.6 is 0 Å².